The quantitative estimate of drug-likeness (QED) is 0.450. The van der Waals surface area contributed by atoms with Crippen LogP contribution in [0.2, 0.25) is 0 Å². The van der Waals surface area contributed by atoms with Gasteiger partial charge in [0, 0.05) is 30.0 Å². The summed E-state index contributed by atoms with van der Waals surface area (Å²) in [7, 11) is -3.42. The van der Waals surface area contributed by atoms with Gasteiger partial charge in [-0.2, -0.15) is 5.10 Å². The molecule has 3 rings (SSSR count). The number of rotatable bonds is 9. The maximum atomic E-state index is 12.5. The largest absolute Gasteiger partial charge is 0.465 e. The van der Waals surface area contributed by atoms with Crippen LogP contribution >= 0.6 is 0 Å². The molecule has 0 spiro atoms. The number of anilines is 1. The Balaban J connectivity index is 1.57. The van der Waals surface area contributed by atoms with Gasteiger partial charge >= 0.3 is 6.09 Å². The number of amides is 2. The van der Waals surface area contributed by atoms with Crippen molar-refractivity contribution in [3.63, 3.8) is 0 Å². The van der Waals surface area contributed by atoms with Crippen molar-refractivity contribution in [3.8, 4) is 0 Å². The first kappa shape index (κ1) is 23.8. The van der Waals surface area contributed by atoms with Gasteiger partial charge in [-0.3, -0.25) is 9.89 Å². The van der Waals surface area contributed by atoms with E-state index in [4.69, 9.17) is 5.11 Å². The normalized spacial score (nSPS) is 19.4. The first-order valence-corrected chi connectivity index (χ1v) is 12.7. The number of aromatic nitrogens is 2. The number of sulfone groups is 1. The molecule has 32 heavy (non-hydrogen) atoms. The molecule has 9 nitrogen and oxygen atoms in total. The van der Waals surface area contributed by atoms with Crippen LogP contribution in [0.15, 0.2) is 35.2 Å². The van der Waals surface area contributed by atoms with Gasteiger partial charge in [0.05, 0.1) is 11.3 Å². The predicted molar refractivity (Wildman–Crippen MR) is 120 cm³/mol. The summed E-state index contributed by atoms with van der Waals surface area (Å²) in [5.41, 5.74) is 1.39. The summed E-state index contributed by atoms with van der Waals surface area (Å²) in [5.74, 6) is 0.787. The van der Waals surface area contributed by atoms with Crippen LogP contribution < -0.4 is 10.6 Å². The molecule has 1 heterocycles. The second-order valence-corrected chi connectivity index (χ2v) is 10.5. The van der Waals surface area contributed by atoms with Gasteiger partial charge in [0.15, 0.2) is 15.7 Å². The highest BCUT2D eigenvalue weighted by Crippen LogP contribution is 2.40. The zero-order valence-corrected chi connectivity index (χ0v) is 19.1. The number of nitrogens with one attached hydrogen (secondary N) is 3. The van der Waals surface area contributed by atoms with Gasteiger partial charge in [-0.15, -0.1) is 0 Å². The van der Waals surface area contributed by atoms with Gasteiger partial charge in [0.1, 0.15) is 0 Å². The molecule has 3 unspecified atom stereocenters. The van der Waals surface area contributed by atoms with Crippen molar-refractivity contribution in [2.24, 2.45) is 5.92 Å². The molecule has 3 atom stereocenters. The van der Waals surface area contributed by atoms with Crippen LogP contribution in [0.3, 0.4) is 0 Å². The first-order valence-electron chi connectivity index (χ1n) is 10.8. The Kier molecular flexibility index (Phi) is 7.55. The average molecular weight is 463 g/mol. The molecule has 10 heteroatoms. The molecule has 0 saturated heterocycles. The van der Waals surface area contributed by atoms with Gasteiger partial charge in [0.2, 0.25) is 5.91 Å². The van der Waals surface area contributed by atoms with E-state index in [-0.39, 0.29) is 29.2 Å². The highest BCUT2D eigenvalue weighted by Gasteiger charge is 2.29. The van der Waals surface area contributed by atoms with Crippen LogP contribution in [-0.2, 0) is 21.1 Å². The van der Waals surface area contributed by atoms with Gasteiger partial charge in [-0.05, 0) is 49.7 Å². The number of hydrogen-bond acceptors (Lipinski definition) is 5. The maximum absolute atomic E-state index is 12.5. The van der Waals surface area contributed by atoms with E-state index in [0.717, 1.165) is 44.1 Å². The Morgan fingerprint density at radius 1 is 1.28 bits per heavy atom. The lowest BCUT2D eigenvalue weighted by Crippen LogP contribution is -2.34. The lowest BCUT2D eigenvalue weighted by molar-refractivity contribution is -0.115. The number of H-pyrrole nitrogens is 1. The third-order valence-corrected chi connectivity index (χ3v) is 7.20. The van der Waals surface area contributed by atoms with Crippen molar-refractivity contribution < 1.29 is 23.1 Å². The van der Waals surface area contributed by atoms with Crippen molar-refractivity contribution >= 4 is 27.7 Å². The number of hydrogen-bond donors (Lipinski definition) is 4. The molecular formula is C22H30N4O5S. The molecule has 2 amide bonds. The van der Waals surface area contributed by atoms with E-state index in [1.54, 1.807) is 18.2 Å². The zero-order chi connectivity index (χ0) is 23.3. The van der Waals surface area contributed by atoms with Crippen molar-refractivity contribution in [1.29, 1.82) is 0 Å². The van der Waals surface area contributed by atoms with Crippen molar-refractivity contribution in [1.82, 2.24) is 15.5 Å². The third-order valence-electron chi connectivity index (χ3n) is 6.01. The summed E-state index contributed by atoms with van der Waals surface area (Å²) in [6.45, 7) is 1.98. The van der Waals surface area contributed by atoms with Crippen molar-refractivity contribution in [2.75, 3.05) is 11.6 Å². The summed E-state index contributed by atoms with van der Waals surface area (Å²) in [6, 6.07) is 8.24. The topological polar surface area (TPSA) is 141 Å². The monoisotopic (exact) mass is 462 g/mol. The molecule has 1 aromatic carbocycles. The number of benzene rings is 1. The second kappa shape index (κ2) is 10.2. The minimum absolute atomic E-state index is 0.0392. The van der Waals surface area contributed by atoms with Gasteiger partial charge in [-0.1, -0.05) is 25.1 Å². The van der Waals surface area contributed by atoms with Crippen LogP contribution in [0.5, 0.6) is 0 Å². The van der Waals surface area contributed by atoms with Crippen LogP contribution in [0.4, 0.5) is 10.6 Å². The number of carbonyl (C=O) groups is 2. The second-order valence-electron chi connectivity index (χ2n) is 8.48. The molecule has 2 aromatic rings. The maximum Gasteiger partial charge on any atom is 0.404 e. The molecule has 4 N–H and O–H groups in total. The summed E-state index contributed by atoms with van der Waals surface area (Å²) in [5, 5.41) is 21.5. The number of carbonyl (C=O) groups excluding carboxylic acids is 1. The van der Waals surface area contributed by atoms with E-state index in [2.05, 4.69) is 20.8 Å². The Labute approximate surface area is 187 Å². The molecule has 0 aliphatic heterocycles. The molecule has 1 aliphatic carbocycles. The number of nitrogens with zero attached hydrogens (tertiary/aromatic N) is 1. The van der Waals surface area contributed by atoms with E-state index in [1.807, 2.05) is 13.0 Å². The number of carboxylic acid groups (broad SMARTS) is 1. The van der Waals surface area contributed by atoms with Crippen molar-refractivity contribution in [3.05, 3.63) is 41.6 Å². The Hall–Kier alpha value is -2.88. The molecule has 1 aromatic heterocycles. The highest BCUT2D eigenvalue weighted by molar-refractivity contribution is 7.90. The molecule has 1 aliphatic rings. The molecule has 1 fully saturated rings. The Bertz CT molecular complexity index is 1070. The lowest BCUT2D eigenvalue weighted by Gasteiger charge is -2.19. The van der Waals surface area contributed by atoms with Crippen LogP contribution in [0.25, 0.3) is 0 Å². The molecule has 1 saturated carbocycles. The smallest absolute Gasteiger partial charge is 0.404 e. The van der Waals surface area contributed by atoms with Crippen LogP contribution in [0, 0.1) is 5.92 Å². The standard InChI is InChI=1S/C22H30N4O5S/c1-3-17(23-22(28)29)11-14-8-9-15(10-14)18-13-20(26-25-18)24-21(27)12-16-6-4-5-7-19(16)32(2,30)31/h4-7,13-15,17,23H,3,8-12H2,1-2H3,(H,28,29)(H2,24,25,26,27). The van der Waals surface area contributed by atoms with Crippen molar-refractivity contribution in [2.45, 2.75) is 62.3 Å². The van der Waals surface area contributed by atoms with Gasteiger partial charge < -0.3 is 15.7 Å². The zero-order valence-electron chi connectivity index (χ0n) is 18.3. The first-order chi connectivity index (χ1) is 15.2. The molecular weight excluding hydrogens is 432 g/mol. The van der Waals surface area contributed by atoms with E-state index in [1.165, 1.54) is 6.07 Å². The summed E-state index contributed by atoms with van der Waals surface area (Å²) < 4.78 is 23.9. The van der Waals surface area contributed by atoms with Crippen LogP contribution in [0.1, 0.15) is 56.2 Å². The van der Waals surface area contributed by atoms with E-state index >= 15 is 0 Å². The average Bonchev–Trinajstić information content (AvgIpc) is 3.36. The summed E-state index contributed by atoms with van der Waals surface area (Å²) in [4.78, 5) is 23.5. The summed E-state index contributed by atoms with van der Waals surface area (Å²) in [6.07, 6.45) is 4.59. The minimum atomic E-state index is -3.42. The minimum Gasteiger partial charge on any atom is -0.465 e. The van der Waals surface area contributed by atoms with Gasteiger partial charge in [-0.25, -0.2) is 13.2 Å². The molecule has 0 radical (unpaired) electrons. The fourth-order valence-electron chi connectivity index (χ4n) is 4.46. The van der Waals surface area contributed by atoms with E-state index < -0.39 is 15.9 Å². The number of aromatic amines is 1. The Morgan fingerprint density at radius 2 is 2.03 bits per heavy atom. The predicted octanol–water partition coefficient (Wildman–Crippen LogP) is 3.31. The SMILES string of the molecule is CCC(CC1CCC(c2cc(NC(=O)Cc3ccccc3S(C)(=O)=O)n[nH]2)C1)NC(=O)O. The highest BCUT2D eigenvalue weighted by atomic mass is 32.2. The fraction of sp³-hybridized carbons (Fsp3) is 0.500. The van der Waals surface area contributed by atoms with Gasteiger partial charge in [0.25, 0.3) is 0 Å². The molecule has 0 bridgehead atoms. The fourth-order valence-corrected chi connectivity index (χ4v) is 5.40. The third kappa shape index (κ3) is 6.32. The lowest BCUT2D eigenvalue weighted by atomic mass is 9.95. The summed E-state index contributed by atoms with van der Waals surface area (Å²) >= 11 is 0. The molecule has 174 valence electrons. The van der Waals surface area contributed by atoms with E-state index in [9.17, 15) is 18.0 Å². The Morgan fingerprint density at radius 3 is 2.72 bits per heavy atom. The van der Waals surface area contributed by atoms with Crippen LogP contribution in [-0.4, -0.2) is 48.0 Å². The van der Waals surface area contributed by atoms with E-state index in [0.29, 0.717) is 17.3 Å².